The van der Waals surface area contributed by atoms with Crippen LogP contribution in [-0.4, -0.2) is 52.7 Å². The summed E-state index contributed by atoms with van der Waals surface area (Å²) < 4.78 is 5.22. The number of hydrogen-bond donors (Lipinski definition) is 2. The van der Waals surface area contributed by atoms with Crippen molar-refractivity contribution in [3.63, 3.8) is 0 Å². The first-order valence-corrected chi connectivity index (χ1v) is 7.15. The molecule has 3 rings (SSSR count). The molecular formula is C16H18N2O4. The topological polar surface area (TPSA) is 82.6 Å². The minimum Gasteiger partial charge on any atom is -0.480 e. The molecule has 1 aliphatic rings. The number of nitrogens with zero attached hydrogens (tertiary/aromatic N) is 1. The molecule has 2 N–H and O–H groups in total. The molecule has 2 heterocycles. The van der Waals surface area contributed by atoms with E-state index in [2.05, 4.69) is 4.98 Å². The van der Waals surface area contributed by atoms with Crippen LogP contribution in [0.3, 0.4) is 0 Å². The van der Waals surface area contributed by atoms with E-state index >= 15 is 0 Å². The maximum absolute atomic E-state index is 12.7. The maximum Gasteiger partial charge on any atom is 0.326 e. The van der Waals surface area contributed by atoms with Crippen molar-refractivity contribution < 1.29 is 19.4 Å². The third-order valence-electron chi connectivity index (χ3n) is 4.15. The Labute approximate surface area is 127 Å². The van der Waals surface area contributed by atoms with E-state index in [0.717, 1.165) is 16.5 Å². The van der Waals surface area contributed by atoms with Crippen LogP contribution in [0.1, 0.15) is 22.5 Å². The van der Waals surface area contributed by atoms with Crippen LogP contribution in [0.2, 0.25) is 0 Å². The molecule has 1 aromatic heterocycles. The lowest BCUT2D eigenvalue weighted by Crippen LogP contribution is -2.40. The Hall–Kier alpha value is -2.34. The first kappa shape index (κ1) is 14.6. The van der Waals surface area contributed by atoms with Gasteiger partial charge in [-0.05, 0) is 24.6 Å². The Morgan fingerprint density at radius 1 is 1.36 bits per heavy atom. The van der Waals surface area contributed by atoms with Crippen molar-refractivity contribution in [2.24, 2.45) is 0 Å². The second kappa shape index (κ2) is 5.46. The highest BCUT2D eigenvalue weighted by Gasteiger charge is 2.40. The summed E-state index contributed by atoms with van der Waals surface area (Å²) in [4.78, 5) is 28.5. The van der Waals surface area contributed by atoms with Crippen LogP contribution in [0.15, 0.2) is 24.3 Å². The molecule has 0 saturated carbocycles. The first-order valence-electron chi connectivity index (χ1n) is 7.15. The molecule has 6 nitrogen and oxygen atoms in total. The van der Waals surface area contributed by atoms with Crippen molar-refractivity contribution in [1.82, 2.24) is 9.88 Å². The van der Waals surface area contributed by atoms with E-state index in [0.29, 0.717) is 18.7 Å². The van der Waals surface area contributed by atoms with Gasteiger partial charge in [0.2, 0.25) is 0 Å². The summed E-state index contributed by atoms with van der Waals surface area (Å²) in [7, 11) is 1.53. The lowest BCUT2D eigenvalue weighted by molar-refractivity contribution is -0.141. The molecule has 2 aromatic rings. The molecule has 0 radical (unpaired) electrons. The van der Waals surface area contributed by atoms with Gasteiger partial charge in [-0.15, -0.1) is 0 Å². The summed E-state index contributed by atoms with van der Waals surface area (Å²) in [6.45, 7) is 2.27. The number of fused-ring (bicyclic) bond motifs is 1. The second-order valence-electron chi connectivity index (χ2n) is 5.68. The number of carboxylic acid groups (broad SMARTS) is 1. The van der Waals surface area contributed by atoms with E-state index in [9.17, 15) is 14.7 Å². The lowest BCUT2D eigenvalue weighted by atomic mass is 10.2. The number of hydrogen-bond acceptors (Lipinski definition) is 3. The van der Waals surface area contributed by atoms with Gasteiger partial charge >= 0.3 is 5.97 Å². The molecule has 2 atom stereocenters. The van der Waals surface area contributed by atoms with E-state index < -0.39 is 12.0 Å². The first-order chi connectivity index (χ1) is 10.5. The third-order valence-corrected chi connectivity index (χ3v) is 4.15. The number of carbonyl (C=O) groups excluding carboxylic acids is 1. The minimum absolute atomic E-state index is 0.239. The fourth-order valence-electron chi connectivity index (χ4n) is 2.94. The number of H-pyrrole nitrogens is 1. The van der Waals surface area contributed by atoms with Crippen molar-refractivity contribution in [3.05, 3.63) is 35.5 Å². The zero-order valence-electron chi connectivity index (χ0n) is 12.5. The van der Waals surface area contributed by atoms with Crippen molar-refractivity contribution in [3.8, 4) is 0 Å². The van der Waals surface area contributed by atoms with Gasteiger partial charge in [0.15, 0.2) is 0 Å². The summed E-state index contributed by atoms with van der Waals surface area (Å²) in [6, 6.07) is 6.79. The van der Waals surface area contributed by atoms with Crippen molar-refractivity contribution in [2.45, 2.75) is 25.5 Å². The number of aliphatic carboxylic acids is 1. The molecular weight excluding hydrogens is 284 g/mol. The van der Waals surface area contributed by atoms with Gasteiger partial charge in [0.1, 0.15) is 11.7 Å². The third kappa shape index (κ3) is 2.46. The quantitative estimate of drug-likeness (QED) is 0.905. The molecule has 1 saturated heterocycles. The molecule has 116 valence electrons. The Bertz CT molecular complexity index is 737. The summed E-state index contributed by atoms with van der Waals surface area (Å²) in [5.41, 5.74) is 2.37. The molecule has 1 aliphatic heterocycles. The number of rotatable bonds is 3. The standard InChI is InChI=1S/C16H18N2O4/c1-9-3-4-10-6-13(17-12(10)5-9)15(19)18-8-11(22-2)7-14(18)16(20)21/h3-6,11,14,17H,7-8H2,1-2H3,(H,20,21). The summed E-state index contributed by atoms with van der Waals surface area (Å²) in [5.74, 6) is -1.30. The van der Waals surface area contributed by atoms with Gasteiger partial charge in [0.25, 0.3) is 5.91 Å². The largest absolute Gasteiger partial charge is 0.480 e. The molecule has 0 spiro atoms. The number of methoxy groups -OCH3 is 1. The fraction of sp³-hybridized carbons (Fsp3) is 0.375. The van der Waals surface area contributed by atoms with Crippen LogP contribution in [0.5, 0.6) is 0 Å². The monoisotopic (exact) mass is 302 g/mol. The summed E-state index contributed by atoms with van der Waals surface area (Å²) in [5, 5.41) is 10.2. The van der Waals surface area contributed by atoms with E-state index in [4.69, 9.17) is 4.74 Å². The Morgan fingerprint density at radius 2 is 2.14 bits per heavy atom. The number of ether oxygens (including phenoxy) is 1. The number of carboxylic acids is 1. The van der Waals surface area contributed by atoms with Gasteiger partial charge in [-0.3, -0.25) is 4.79 Å². The summed E-state index contributed by atoms with van der Waals surface area (Å²) >= 11 is 0. The average molecular weight is 302 g/mol. The molecule has 1 amide bonds. The number of carbonyl (C=O) groups is 2. The molecule has 22 heavy (non-hydrogen) atoms. The van der Waals surface area contributed by atoms with Crippen LogP contribution in [-0.2, 0) is 9.53 Å². The van der Waals surface area contributed by atoms with Gasteiger partial charge in [0.05, 0.1) is 6.10 Å². The van der Waals surface area contributed by atoms with Crippen LogP contribution >= 0.6 is 0 Å². The number of aryl methyl sites for hydroxylation is 1. The summed E-state index contributed by atoms with van der Waals surface area (Å²) in [6.07, 6.45) is 0.0772. The smallest absolute Gasteiger partial charge is 0.326 e. The molecule has 6 heteroatoms. The molecule has 0 aliphatic carbocycles. The highest BCUT2D eigenvalue weighted by atomic mass is 16.5. The number of amides is 1. The van der Waals surface area contributed by atoms with Gasteiger partial charge in [0, 0.05) is 31.0 Å². The van der Waals surface area contributed by atoms with Gasteiger partial charge < -0.3 is 19.7 Å². The molecule has 1 fully saturated rings. The van der Waals surface area contributed by atoms with E-state index in [1.54, 1.807) is 6.07 Å². The van der Waals surface area contributed by atoms with Crippen LogP contribution in [0.25, 0.3) is 10.9 Å². The van der Waals surface area contributed by atoms with E-state index in [-0.39, 0.29) is 12.0 Å². The predicted octanol–water partition coefficient (Wildman–Crippen LogP) is 1.79. The molecule has 0 bridgehead atoms. The second-order valence-corrected chi connectivity index (χ2v) is 5.68. The minimum atomic E-state index is -1.00. The average Bonchev–Trinajstić information content (AvgIpc) is 3.09. The number of benzene rings is 1. The van der Waals surface area contributed by atoms with E-state index in [1.807, 2.05) is 25.1 Å². The van der Waals surface area contributed by atoms with Crippen LogP contribution in [0, 0.1) is 6.92 Å². The number of aromatic amines is 1. The van der Waals surface area contributed by atoms with Crippen LogP contribution < -0.4 is 0 Å². The van der Waals surface area contributed by atoms with Crippen LogP contribution in [0.4, 0.5) is 0 Å². The zero-order chi connectivity index (χ0) is 15.9. The van der Waals surface area contributed by atoms with Gasteiger partial charge in [-0.2, -0.15) is 0 Å². The van der Waals surface area contributed by atoms with Crippen molar-refractivity contribution in [2.75, 3.05) is 13.7 Å². The van der Waals surface area contributed by atoms with Gasteiger partial charge in [-0.25, -0.2) is 4.79 Å². The lowest BCUT2D eigenvalue weighted by Gasteiger charge is -2.20. The highest BCUT2D eigenvalue weighted by molar-refractivity contribution is 6.00. The number of aromatic nitrogens is 1. The Balaban J connectivity index is 1.92. The van der Waals surface area contributed by atoms with Gasteiger partial charge in [-0.1, -0.05) is 12.1 Å². The Kier molecular flexibility index (Phi) is 3.62. The predicted molar refractivity (Wildman–Crippen MR) is 80.9 cm³/mol. The highest BCUT2D eigenvalue weighted by Crippen LogP contribution is 2.24. The van der Waals surface area contributed by atoms with E-state index in [1.165, 1.54) is 12.0 Å². The maximum atomic E-state index is 12.7. The normalized spacial score (nSPS) is 21.5. The molecule has 1 aromatic carbocycles. The Morgan fingerprint density at radius 3 is 2.82 bits per heavy atom. The SMILES string of the molecule is COC1CC(C(=O)O)N(C(=O)c2cc3ccc(C)cc3[nH]2)C1. The molecule has 2 unspecified atom stereocenters. The van der Waals surface area contributed by atoms with Crippen molar-refractivity contribution in [1.29, 1.82) is 0 Å². The van der Waals surface area contributed by atoms with Crippen molar-refractivity contribution >= 4 is 22.8 Å². The zero-order valence-corrected chi connectivity index (χ0v) is 12.5. The number of nitrogens with one attached hydrogen (secondary N) is 1. The fourth-order valence-corrected chi connectivity index (χ4v) is 2.94. The number of likely N-dealkylation sites (tertiary alicyclic amines) is 1.